The highest BCUT2D eigenvalue weighted by Crippen LogP contribution is 2.43. The third-order valence-electron chi connectivity index (χ3n) is 5.43. The summed E-state index contributed by atoms with van der Waals surface area (Å²) in [5.41, 5.74) is 4.92. The van der Waals surface area contributed by atoms with Crippen LogP contribution in [0, 0.1) is 0 Å². The van der Waals surface area contributed by atoms with Crippen LogP contribution in [-0.2, 0) is 0 Å². The molecule has 4 aromatic rings. The summed E-state index contributed by atoms with van der Waals surface area (Å²) in [5, 5.41) is 1.26. The van der Waals surface area contributed by atoms with E-state index in [0.717, 1.165) is 11.5 Å². The fourth-order valence-electron chi connectivity index (χ4n) is 3.92. The second-order valence-electron chi connectivity index (χ2n) is 7.51. The number of para-hydroxylation sites is 1. The van der Waals surface area contributed by atoms with Gasteiger partial charge in [0.2, 0.25) is 0 Å². The molecule has 3 aromatic carbocycles. The molecule has 0 saturated carbocycles. The van der Waals surface area contributed by atoms with Crippen molar-refractivity contribution in [2.45, 2.75) is 37.5 Å². The monoisotopic (exact) mass is 415 g/mol. The number of unbranched alkanes of at least 4 members (excludes halogenated alkanes) is 3. The van der Waals surface area contributed by atoms with E-state index in [0.29, 0.717) is 0 Å². The molecule has 0 aliphatic rings. The number of ether oxygens (including phenoxy) is 1. The summed E-state index contributed by atoms with van der Waals surface area (Å²) in [4.78, 5) is 1.34. The van der Waals surface area contributed by atoms with Gasteiger partial charge in [-0.15, -0.1) is 11.8 Å². The molecule has 154 valence electrons. The van der Waals surface area contributed by atoms with E-state index >= 15 is 0 Å². The second kappa shape index (κ2) is 9.90. The van der Waals surface area contributed by atoms with Gasteiger partial charge in [0.15, 0.2) is 0 Å². The molecular weight excluding hydrogens is 386 g/mol. The average Bonchev–Trinajstić information content (AvgIpc) is 3.13. The molecule has 0 atom stereocenters. The fraction of sp³-hybridized carbons (Fsp3) is 0.259. The standard InChI is InChI=1S/C27H29NOS/c1-3-4-5-12-19-30-27-24-20-23(29-2)17-18-25(24)28(22-15-10-7-11-16-22)26(27)21-13-8-6-9-14-21/h6-11,13-18,20H,3-5,12,19H2,1-2H3. The maximum atomic E-state index is 5.58. The highest BCUT2D eigenvalue weighted by molar-refractivity contribution is 7.99. The van der Waals surface area contributed by atoms with Crippen molar-refractivity contribution in [1.29, 1.82) is 0 Å². The van der Waals surface area contributed by atoms with Crippen LogP contribution in [0.2, 0.25) is 0 Å². The zero-order valence-corrected chi connectivity index (χ0v) is 18.6. The maximum Gasteiger partial charge on any atom is 0.119 e. The van der Waals surface area contributed by atoms with E-state index in [4.69, 9.17) is 4.74 Å². The van der Waals surface area contributed by atoms with Crippen molar-refractivity contribution >= 4 is 22.7 Å². The Kier molecular flexibility index (Phi) is 6.81. The largest absolute Gasteiger partial charge is 0.497 e. The molecule has 1 heterocycles. The minimum atomic E-state index is 0.903. The Bertz CT molecular complexity index is 1090. The van der Waals surface area contributed by atoms with E-state index in [1.807, 2.05) is 11.8 Å². The molecule has 0 saturated heterocycles. The summed E-state index contributed by atoms with van der Waals surface area (Å²) >= 11 is 1.98. The van der Waals surface area contributed by atoms with E-state index in [1.54, 1.807) is 7.11 Å². The van der Waals surface area contributed by atoms with Gasteiger partial charge in [0.05, 0.1) is 18.3 Å². The molecule has 0 aliphatic carbocycles. The van der Waals surface area contributed by atoms with Gasteiger partial charge in [-0.2, -0.15) is 0 Å². The second-order valence-corrected chi connectivity index (χ2v) is 8.61. The first kappa shape index (κ1) is 20.6. The van der Waals surface area contributed by atoms with E-state index < -0.39 is 0 Å². The number of thioether (sulfide) groups is 1. The number of nitrogens with zero attached hydrogens (tertiary/aromatic N) is 1. The molecule has 0 amide bonds. The lowest BCUT2D eigenvalue weighted by Crippen LogP contribution is -1.97. The Morgan fingerprint density at radius 3 is 2.27 bits per heavy atom. The Hall–Kier alpha value is -2.65. The first-order chi connectivity index (χ1) is 14.8. The SMILES string of the molecule is CCCCCCSc1c(-c2ccccc2)n(-c2ccccc2)c2ccc(OC)cc12. The van der Waals surface area contributed by atoms with Crippen LogP contribution in [0.15, 0.2) is 83.8 Å². The Morgan fingerprint density at radius 1 is 0.833 bits per heavy atom. The van der Waals surface area contributed by atoms with Crippen molar-refractivity contribution in [1.82, 2.24) is 4.57 Å². The van der Waals surface area contributed by atoms with Gasteiger partial charge in [-0.05, 0) is 48.1 Å². The van der Waals surface area contributed by atoms with Crippen molar-refractivity contribution in [2.75, 3.05) is 12.9 Å². The molecule has 0 spiro atoms. The van der Waals surface area contributed by atoms with Gasteiger partial charge in [-0.1, -0.05) is 74.7 Å². The lowest BCUT2D eigenvalue weighted by molar-refractivity contribution is 0.415. The van der Waals surface area contributed by atoms with Crippen LogP contribution in [0.5, 0.6) is 5.75 Å². The minimum absolute atomic E-state index is 0.903. The van der Waals surface area contributed by atoms with Crippen molar-refractivity contribution in [3.63, 3.8) is 0 Å². The van der Waals surface area contributed by atoms with E-state index in [1.165, 1.54) is 58.4 Å². The summed E-state index contributed by atoms with van der Waals surface area (Å²) < 4.78 is 7.98. The van der Waals surface area contributed by atoms with Gasteiger partial charge in [-0.25, -0.2) is 0 Å². The van der Waals surface area contributed by atoms with Crippen LogP contribution in [-0.4, -0.2) is 17.4 Å². The average molecular weight is 416 g/mol. The van der Waals surface area contributed by atoms with Crippen molar-refractivity contribution < 1.29 is 4.74 Å². The third-order valence-corrected chi connectivity index (χ3v) is 6.63. The van der Waals surface area contributed by atoms with Crippen molar-refractivity contribution in [3.8, 4) is 22.7 Å². The summed E-state index contributed by atoms with van der Waals surface area (Å²) in [6.07, 6.45) is 5.12. The molecule has 30 heavy (non-hydrogen) atoms. The molecule has 0 radical (unpaired) electrons. The summed E-state index contributed by atoms with van der Waals surface area (Å²) in [6.45, 7) is 2.26. The van der Waals surface area contributed by atoms with E-state index in [9.17, 15) is 0 Å². The van der Waals surface area contributed by atoms with Gasteiger partial charge in [-0.3, -0.25) is 0 Å². The van der Waals surface area contributed by atoms with Gasteiger partial charge in [0.25, 0.3) is 0 Å². The van der Waals surface area contributed by atoms with Crippen LogP contribution in [0.3, 0.4) is 0 Å². The lowest BCUT2D eigenvalue weighted by Gasteiger charge is -2.13. The molecule has 0 bridgehead atoms. The van der Waals surface area contributed by atoms with Crippen molar-refractivity contribution in [2.24, 2.45) is 0 Å². The van der Waals surface area contributed by atoms with Crippen molar-refractivity contribution in [3.05, 3.63) is 78.9 Å². The predicted octanol–water partition coefficient (Wildman–Crippen LogP) is 7.98. The summed E-state index contributed by atoms with van der Waals surface area (Å²) in [5.74, 6) is 2.03. The molecular formula is C27H29NOS. The smallest absolute Gasteiger partial charge is 0.119 e. The molecule has 0 N–H and O–H groups in total. The molecule has 3 heteroatoms. The zero-order chi connectivity index (χ0) is 20.8. The van der Waals surface area contributed by atoms with Crippen LogP contribution >= 0.6 is 11.8 Å². The molecule has 0 fully saturated rings. The van der Waals surface area contributed by atoms with Crippen LogP contribution in [0.1, 0.15) is 32.6 Å². The number of benzene rings is 3. The number of aromatic nitrogens is 1. The molecule has 0 unspecified atom stereocenters. The normalized spacial score (nSPS) is 11.1. The number of hydrogen-bond acceptors (Lipinski definition) is 2. The number of rotatable bonds is 9. The van der Waals surface area contributed by atoms with Crippen LogP contribution in [0.25, 0.3) is 27.8 Å². The minimum Gasteiger partial charge on any atom is -0.497 e. The molecule has 1 aromatic heterocycles. The maximum absolute atomic E-state index is 5.58. The van der Waals surface area contributed by atoms with Gasteiger partial charge in [0.1, 0.15) is 5.75 Å². The Morgan fingerprint density at radius 2 is 1.57 bits per heavy atom. The van der Waals surface area contributed by atoms with Crippen LogP contribution in [0.4, 0.5) is 0 Å². The number of fused-ring (bicyclic) bond motifs is 1. The third kappa shape index (κ3) is 4.27. The first-order valence-corrected chi connectivity index (χ1v) is 11.8. The van der Waals surface area contributed by atoms with Gasteiger partial charge < -0.3 is 9.30 Å². The fourth-order valence-corrected chi connectivity index (χ4v) is 5.14. The Labute approximate surface area is 183 Å². The van der Waals surface area contributed by atoms with Gasteiger partial charge in [0, 0.05) is 16.0 Å². The lowest BCUT2D eigenvalue weighted by atomic mass is 10.1. The van der Waals surface area contributed by atoms with E-state index in [2.05, 4.69) is 90.4 Å². The molecule has 0 aliphatic heterocycles. The zero-order valence-electron chi connectivity index (χ0n) is 17.8. The predicted molar refractivity (Wildman–Crippen MR) is 130 cm³/mol. The molecule has 4 rings (SSSR count). The van der Waals surface area contributed by atoms with E-state index in [-0.39, 0.29) is 0 Å². The quantitative estimate of drug-likeness (QED) is 0.203. The summed E-state index contributed by atoms with van der Waals surface area (Å²) in [6, 6.07) is 27.9. The topological polar surface area (TPSA) is 14.2 Å². The number of hydrogen-bond donors (Lipinski definition) is 0. The highest BCUT2D eigenvalue weighted by atomic mass is 32.2. The summed E-state index contributed by atoms with van der Waals surface area (Å²) in [7, 11) is 1.74. The highest BCUT2D eigenvalue weighted by Gasteiger charge is 2.20. The van der Waals surface area contributed by atoms with Crippen LogP contribution < -0.4 is 4.74 Å². The van der Waals surface area contributed by atoms with Gasteiger partial charge >= 0.3 is 0 Å². The number of methoxy groups -OCH3 is 1. The first-order valence-electron chi connectivity index (χ1n) is 10.8. The Balaban J connectivity index is 1.91. The molecule has 2 nitrogen and oxygen atoms in total.